The molecule has 0 fully saturated rings. The van der Waals surface area contributed by atoms with Crippen molar-refractivity contribution in [2.45, 2.75) is 25.8 Å². The summed E-state index contributed by atoms with van der Waals surface area (Å²) in [5.74, 6) is -0.204. The fourth-order valence-corrected chi connectivity index (χ4v) is 0.657. The second-order valence-electron chi connectivity index (χ2n) is 2.73. The third kappa shape index (κ3) is 7.50. The smallest absolute Gasteiger partial charge is 0.305 e. The Morgan fingerprint density at radius 2 is 2.17 bits per heavy atom. The van der Waals surface area contributed by atoms with E-state index in [2.05, 4.69) is 0 Å². The van der Waals surface area contributed by atoms with E-state index in [4.69, 9.17) is 15.2 Å². The second-order valence-corrected chi connectivity index (χ2v) is 2.73. The Morgan fingerprint density at radius 1 is 1.50 bits per heavy atom. The zero-order valence-electron chi connectivity index (χ0n) is 7.71. The van der Waals surface area contributed by atoms with E-state index in [0.717, 1.165) is 0 Å². The topological polar surface area (TPSA) is 61.5 Å². The normalized spacial score (nSPS) is 12.6. The number of carbonyl (C=O) groups excluding carboxylic acids is 1. The van der Waals surface area contributed by atoms with Crippen molar-refractivity contribution in [3.05, 3.63) is 0 Å². The molecule has 0 aromatic rings. The Morgan fingerprint density at radius 3 is 2.67 bits per heavy atom. The van der Waals surface area contributed by atoms with Crippen LogP contribution < -0.4 is 5.73 Å². The maximum atomic E-state index is 10.9. The van der Waals surface area contributed by atoms with Gasteiger partial charge in [-0.3, -0.25) is 4.79 Å². The predicted octanol–water partition coefficient (Wildman–Crippen LogP) is 0.303. The van der Waals surface area contributed by atoms with Crippen molar-refractivity contribution < 1.29 is 14.3 Å². The molecule has 0 saturated heterocycles. The van der Waals surface area contributed by atoms with Crippen LogP contribution in [0.15, 0.2) is 0 Å². The molecule has 1 unspecified atom stereocenters. The summed E-state index contributed by atoms with van der Waals surface area (Å²) in [6, 6.07) is 0.0555. The molecule has 0 spiro atoms. The highest BCUT2D eigenvalue weighted by Gasteiger charge is 2.03. The van der Waals surface area contributed by atoms with E-state index in [1.54, 1.807) is 7.11 Å². The van der Waals surface area contributed by atoms with Gasteiger partial charge in [0.05, 0.1) is 6.61 Å². The van der Waals surface area contributed by atoms with Crippen molar-refractivity contribution in [1.29, 1.82) is 0 Å². The minimum atomic E-state index is -0.204. The highest BCUT2D eigenvalue weighted by Crippen LogP contribution is 1.95. The Hall–Kier alpha value is -0.610. The molecule has 0 aliphatic rings. The molecule has 0 aliphatic heterocycles. The third-order valence-electron chi connectivity index (χ3n) is 1.35. The summed E-state index contributed by atoms with van der Waals surface area (Å²) in [7, 11) is 1.57. The van der Waals surface area contributed by atoms with Crippen molar-refractivity contribution in [3.63, 3.8) is 0 Å². The summed E-state index contributed by atoms with van der Waals surface area (Å²) in [6.07, 6.45) is 1.06. The molecule has 0 heterocycles. The highest BCUT2D eigenvalue weighted by molar-refractivity contribution is 5.69. The number of hydrogen-bond donors (Lipinski definition) is 1. The van der Waals surface area contributed by atoms with Crippen molar-refractivity contribution in [2.75, 3.05) is 20.3 Å². The SMILES string of the molecule is COCCOC(=O)CCC(C)N. The van der Waals surface area contributed by atoms with Crippen LogP contribution >= 0.6 is 0 Å². The molecule has 72 valence electrons. The lowest BCUT2D eigenvalue weighted by molar-refractivity contribution is -0.145. The molecular formula is C8H17NO3. The molecule has 0 saturated carbocycles. The minimum absolute atomic E-state index is 0.0555. The van der Waals surface area contributed by atoms with Gasteiger partial charge in [0.25, 0.3) is 0 Å². The van der Waals surface area contributed by atoms with Gasteiger partial charge in [-0.15, -0.1) is 0 Å². The van der Waals surface area contributed by atoms with Crippen molar-refractivity contribution >= 4 is 5.97 Å². The minimum Gasteiger partial charge on any atom is -0.463 e. The van der Waals surface area contributed by atoms with Crippen molar-refractivity contribution in [1.82, 2.24) is 0 Å². The zero-order chi connectivity index (χ0) is 9.40. The average Bonchev–Trinajstić information content (AvgIpc) is 2.01. The molecule has 2 N–H and O–H groups in total. The van der Waals surface area contributed by atoms with Crippen LogP contribution in [0.2, 0.25) is 0 Å². The first-order chi connectivity index (χ1) is 5.66. The van der Waals surface area contributed by atoms with Crippen molar-refractivity contribution in [2.24, 2.45) is 5.73 Å². The van der Waals surface area contributed by atoms with E-state index in [-0.39, 0.29) is 12.0 Å². The summed E-state index contributed by atoms with van der Waals surface area (Å²) >= 11 is 0. The molecule has 0 aliphatic carbocycles. The van der Waals surface area contributed by atoms with Gasteiger partial charge in [0.1, 0.15) is 6.61 Å². The number of ether oxygens (including phenoxy) is 2. The first kappa shape index (κ1) is 11.4. The van der Waals surface area contributed by atoms with E-state index in [1.807, 2.05) is 6.92 Å². The van der Waals surface area contributed by atoms with Crippen LogP contribution in [0.1, 0.15) is 19.8 Å². The van der Waals surface area contributed by atoms with Crippen LogP contribution in [-0.2, 0) is 14.3 Å². The fraction of sp³-hybridized carbons (Fsp3) is 0.875. The average molecular weight is 175 g/mol. The van der Waals surface area contributed by atoms with Crippen LogP contribution in [0, 0.1) is 0 Å². The van der Waals surface area contributed by atoms with Gasteiger partial charge in [0, 0.05) is 19.6 Å². The van der Waals surface area contributed by atoms with E-state index < -0.39 is 0 Å². The molecule has 0 rings (SSSR count). The highest BCUT2D eigenvalue weighted by atomic mass is 16.6. The summed E-state index contributed by atoms with van der Waals surface area (Å²) in [5, 5.41) is 0. The lowest BCUT2D eigenvalue weighted by Crippen LogP contribution is -2.18. The Kier molecular flexibility index (Phi) is 6.70. The molecule has 4 nitrogen and oxygen atoms in total. The quantitative estimate of drug-likeness (QED) is 0.466. The molecule has 12 heavy (non-hydrogen) atoms. The van der Waals surface area contributed by atoms with E-state index in [9.17, 15) is 4.79 Å². The largest absolute Gasteiger partial charge is 0.463 e. The fourth-order valence-electron chi connectivity index (χ4n) is 0.657. The molecule has 0 aromatic heterocycles. The molecule has 0 bridgehead atoms. The molecule has 0 radical (unpaired) electrons. The molecule has 1 atom stereocenters. The Bertz CT molecular complexity index is 125. The molecule has 0 aromatic carbocycles. The van der Waals surface area contributed by atoms with Crippen LogP contribution in [0.3, 0.4) is 0 Å². The maximum absolute atomic E-state index is 10.9. The first-order valence-corrected chi connectivity index (χ1v) is 4.07. The Balaban J connectivity index is 3.22. The lowest BCUT2D eigenvalue weighted by atomic mass is 10.2. The van der Waals surface area contributed by atoms with Gasteiger partial charge in [-0.05, 0) is 13.3 Å². The van der Waals surface area contributed by atoms with E-state index in [1.165, 1.54) is 0 Å². The third-order valence-corrected chi connectivity index (χ3v) is 1.35. The lowest BCUT2D eigenvalue weighted by Gasteiger charge is -2.05. The van der Waals surface area contributed by atoms with E-state index in [0.29, 0.717) is 26.1 Å². The predicted molar refractivity (Wildman–Crippen MR) is 45.7 cm³/mol. The summed E-state index contributed by atoms with van der Waals surface area (Å²) < 4.78 is 9.53. The summed E-state index contributed by atoms with van der Waals surface area (Å²) in [4.78, 5) is 10.9. The van der Waals surface area contributed by atoms with Gasteiger partial charge in [-0.25, -0.2) is 0 Å². The van der Waals surface area contributed by atoms with Gasteiger partial charge < -0.3 is 15.2 Å². The summed E-state index contributed by atoms with van der Waals surface area (Å²) in [6.45, 7) is 2.64. The summed E-state index contributed by atoms with van der Waals surface area (Å²) in [5.41, 5.74) is 5.46. The standard InChI is InChI=1S/C8H17NO3/c1-7(9)3-4-8(10)12-6-5-11-2/h7H,3-6,9H2,1-2H3. The van der Waals surface area contributed by atoms with Gasteiger partial charge >= 0.3 is 5.97 Å². The van der Waals surface area contributed by atoms with Crippen molar-refractivity contribution in [3.8, 4) is 0 Å². The molecule has 4 heteroatoms. The zero-order valence-corrected chi connectivity index (χ0v) is 7.71. The second kappa shape index (κ2) is 7.06. The monoisotopic (exact) mass is 175 g/mol. The number of methoxy groups -OCH3 is 1. The maximum Gasteiger partial charge on any atom is 0.305 e. The Labute approximate surface area is 73.0 Å². The molecular weight excluding hydrogens is 158 g/mol. The first-order valence-electron chi connectivity index (χ1n) is 4.07. The number of carbonyl (C=O) groups is 1. The number of esters is 1. The number of hydrogen-bond acceptors (Lipinski definition) is 4. The van der Waals surface area contributed by atoms with Gasteiger partial charge in [0.15, 0.2) is 0 Å². The van der Waals surface area contributed by atoms with Gasteiger partial charge in [0.2, 0.25) is 0 Å². The van der Waals surface area contributed by atoms with Crippen LogP contribution in [0.25, 0.3) is 0 Å². The van der Waals surface area contributed by atoms with Crippen LogP contribution in [0.5, 0.6) is 0 Å². The molecule has 0 amide bonds. The van der Waals surface area contributed by atoms with Gasteiger partial charge in [-0.2, -0.15) is 0 Å². The number of rotatable bonds is 6. The van der Waals surface area contributed by atoms with Crippen LogP contribution in [-0.4, -0.2) is 32.3 Å². The van der Waals surface area contributed by atoms with Crippen LogP contribution in [0.4, 0.5) is 0 Å². The van der Waals surface area contributed by atoms with E-state index >= 15 is 0 Å². The number of nitrogens with two attached hydrogens (primary N) is 1. The van der Waals surface area contributed by atoms with Gasteiger partial charge in [-0.1, -0.05) is 0 Å².